The second-order valence-corrected chi connectivity index (χ2v) is 5.19. The third-order valence-electron chi connectivity index (χ3n) is 3.95. The van der Waals surface area contributed by atoms with Crippen molar-refractivity contribution in [3.63, 3.8) is 0 Å². The summed E-state index contributed by atoms with van der Waals surface area (Å²) in [5.41, 5.74) is 4.52. The van der Waals surface area contributed by atoms with Crippen molar-refractivity contribution >= 4 is 11.6 Å². The number of piperazine rings is 1. The van der Waals surface area contributed by atoms with E-state index in [4.69, 9.17) is 5.84 Å². The van der Waals surface area contributed by atoms with Gasteiger partial charge in [-0.2, -0.15) is 0 Å². The minimum Gasteiger partial charge on any atom is -0.337 e. The van der Waals surface area contributed by atoms with Crippen LogP contribution in [0, 0.1) is 0 Å². The first-order chi connectivity index (χ1) is 9.26. The number of anilines is 1. The van der Waals surface area contributed by atoms with Gasteiger partial charge in [-0.3, -0.25) is 20.5 Å². The summed E-state index contributed by atoms with van der Waals surface area (Å²) in [5, 5.41) is 0. The van der Waals surface area contributed by atoms with E-state index in [9.17, 15) is 4.79 Å². The predicted molar refractivity (Wildman–Crippen MR) is 72.1 cm³/mol. The lowest BCUT2D eigenvalue weighted by molar-refractivity contribution is -0.130. The molecule has 19 heavy (non-hydrogen) atoms. The third kappa shape index (κ3) is 2.54. The average Bonchev–Trinajstić information content (AvgIpc) is 2.80. The van der Waals surface area contributed by atoms with Gasteiger partial charge >= 0.3 is 0 Å². The molecule has 1 amide bonds. The molecule has 1 aromatic rings. The molecule has 3 N–H and O–H groups in total. The fraction of sp³-hybridized carbons (Fsp3) is 0.538. The van der Waals surface area contributed by atoms with Crippen LogP contribution < -0.4 is 11.3 Å². The van der Waals surface area contributed by atoms with Crippen LogP contribution in [-0.2, 0) is 11.3 Å². The number of nitrogen functional groups attached to an aromatic ring is 1. The number of hydrazine groups is 1. The number of fused-ring (bicyclic) bond motifs is 1. The van der Waals surface area contributed by atoms with Crippen LogP contribution in [-0.4, -0.2) is 46.4 Å². The first-order valence-corrected chi connectivity index (χ1v) is 6.69. The Balaban J connectivity index is 1.63. The Bertz CT molecular complexity index is 478. The zero-order valence-corrected chi connectivity index (χ0v) is 10.9. The van der Waals surface area contributed by atoms with E-state index in [1.54, 1.807) is 6.20 Å². The van der Waals surface area contributed by atoms with Crippen molar-refractivity contribution in [2.75, 3.05) is 25.1 Å². The van der Waals surface area contributed by atoms with Crippen LogP contribution in [0.2, 0.25) is 0 Å². The lowest BCUT2D eigenvalue weighted by Gasteiger charge is -2.37. The Labute approximate surface area is 112 Å². The Hall–Kier alpha value is -1.66. The van der Waals surface area contributed by atoms with Crippen molar-refractivity contribution in [1.29, 1.82) is 0 Å². The standard InChI is InChI=1S/C13H19N5O/c14-16-10-3-4-15-11(7-10)8-17-5-6-18-12(9-17)1-2-13(18)19/h3-4,7,12H,1-2,5-6,8-9,14H2,(H,15,16). The molecule has 0 spiro atoms. The van der Waals surface area contributed by atoms with E-state index >= 15 is 0 Å². The second kappa shape index (κ2) is 5.14. The Morgan fingerprint density at radius 1 is 1.47 bits per heavy atom. The number of nitrogens with two attached hydrogens (primary N) is 1. The van der Waals surface area contributed by atoms with E-state index in [0.29, 0.717) is 18.4 Å². The van der Waals surface area contributed by atoms with Crippen molar-refractivity contribution in [3.8, 4) is 0 Å². The molecule has 6 heteroatoms. The van der Waals surface area contributed by atoms with E-state index in [2.05, 4.69) is 15.3 Å². The lowest BCUT2D eigenvalue weighted by Crippen LogP contribution is -2.51. The SMILES string of the molecule is NNc1ccnc(CN2CCN3C(=O)CCC3C2)c1. The van der Waals surface area contributed by atoms with Gasteiger partial charge in [0.25, 0.3) is 0 Å². The highest BCUT2D eigenvalue weighted by Gasteiger charge is 2.35. The monoisotopic (exact) mass is 261 g/mol. The zero-order chi connectivity index (χ0) is 13.2. The van der Waals surface area contributed by atoms with Crippen molar-refractivity contribution in [2.45, 2.75) is 25.4 Å². The minimum atomic E-state index is 0.317. The highest BCUT2D eigenvalue weighted by atomic mass is 16.2. The number of amides is 1. The number of carbonyl (C=O) groups excluding carboxylic acids is 1. The smallest absolute Gasteiger partial charge is 0.222 e. The summed E-state index contributed by atoms with van der Waals surface area (Å²) in [6, 6.07) is 4.21. The molecule has 2 saturated heterocycles. The maximum atomic E-state index is 11.6. The molecule has 1 atom stereocenters. The predicted octanol–water partition coefficient (Wildman–Crippen LogP) is 0.174. The van der Waals surface area contributed by atoms with E-state index in [-0.39, 0.29) is 0 Å². The Kier molecular flexibility index (Phi) is 3.35. The van der Waals surface area contributed by atoms with E-state index in [1.807, 2.05) is 17.0 Å². The lowest BCUT2D eigenvalue weighted by atomic mass is 10.1. The molecule has 2 aliphatic rings. The molecule has 6 nitrogen and oxygen atoms in total. The number of rotatable bonds is 3. The van der Waals surface area contributed by atoms with E-state index in [1.165, 1.54) is 0 Å². The number of hydrogen-bond donors (Lipinski definition) is 2. The molecule has 2 fully saturated rings. The van der Waals surface area contributed by atoms with Crippen LogP contribution >= 0.6 is 0 Å². The normalized spacial score (nSPS) is 23.5. The van der Waals surface area contributed by atoms with Crippen LogP contribution in [0.5, 0.6) is 0 Å². The van der Waals surface area contributed by atoms with Gasteiger partial charge in [0, 0.05) is 44.8 Å². The molecule has 0 aliphatic carbocycles. The van der Waals surface area contributed by atoms with Crippen LogP contribution in [0.3, 0.4) is 0 Å². The van der Waals surface area contributed by atoms with Gasteiger partial charge in [0.15, 0.2) is 0 Å². The second-order valence-electron chi connectivity index (χ2n) is 5.19. The number of carbonyl (C=O) groups is 1. The molecule has 0 aromatic carbocycles. The molecule has 3 heterocycles. The van der Waals surface area contributed by atoms with Crippen LogP contribution in [0.4, 0.5) is 5.69 Å². The summed E-state index contributed by atoms with van der Waals surface area (Å²) in [6.45, 7) is 3.53. The molecule has 102 valence electrons. The van der Waals surface area contributed by atoms with Crippen molar-refractivity contribution in [3.05, 3.63) is 24.0 Å². The maximum absolute atomic E-state index is 11.6. The summed E-state index contributed by atoms with van der Waals surface area (Å²) in [6.07, 6.45) is 3.47. The van der Waals surface area contributed by atoms with Crippen LogP contribution in [0.15, 0.2) is 18.3 Å². The van der Waals surface area contributed by atoms with Gasteiger partial charge in [-0.05, 0) is 18.6 Å². The summed E-state index contributed by atoms with van der Waals surface area (Å²) in [7, 11) is 0. The van der Waals surface area contributed by atoms with Crippen molar-refractivity contribution < 1.29 is 4.79 Å². The van der Waals surface area contributed by atoms with Gasteiger partial charge in [0.1, 0.15) is 0 Å². The topological polar surface area (TPSA) is 74.5 Å². The van der Waals surface area contributed by atoms with Crippen LogP contribution in [0.1, 0.15) is 18.5 Å². The number of nitrogens with one attached hydrogen (secondary N) is 1. The summed E-state index contributed by atoms with van der Waals surface area (Å²) in [4.78, 5) is 20.4. The number of nitrogens with zero attached hydrogens (tertiary/aromatic N) is 3. The van der Waals surface area contributed by atoms with E-state index < -0.39 is 0 Å². The fourth-order valence-electron chi connectivity index (χ4n) is 2.96. The zero-order valence-electron chi connectivity index (χ0n) is 10.9. The molecule has 3 rings (SSSR count). The molecular formula is C13H19N5O. The Morgan fingerprint density at radius 2 is 2.37 bits per heavy atom. The minimum absolute atomic E-state index is 0.317. The molecule has 1 unspecified atom stereocenters. The fourth-order valence-corrected chi connectivity index (χ4v) is 2.96. The number of pyridine rings is 1. The highest BCUT2D eigenvalue weighted by Crippen LogP contribution is 2.23. The number of aromatic nitrogens is 1. The van der Waals surface area contributed by atoms with Crippen molar-refractivity contribution in [2.24, 2.45) is 5.84 Å². The van der Waals surface area contributed by atoms with Gasteiger partial charge in [0.05, 0.1) is 11.4 Å². The first kappa shape index (κ1) is 12.4. The highest BCUT2D eigenvalue weighted by molar-refractivity contribution is 5.78. The molecular weight excluding hydrogens is 242 g/mol. The average molecular weight is 261 g/mol. The summed E-state index contributed by atoms with van der Waals surface area (Å²) < 4.78 is 0. The maximum Gasteiger partial charge on any atom is 0.222 e. The third-order valence-corrected chi connectivity index (χ3v) is 3.95. The van der Waals surface area contributed by atoms with Crippen molar-refractivity contribution in [1.82, 2.24) is 14.8 Å². The quantitative estimate of drug-likeness (QED) is 0.599. The van der Waals surface area contributed by atoms with Gasteiger partial charge in [-0.1, -0.05) is 0 Å². The molecule has 1 aromatic heterocycles. The van der Waals surface area contributed by atoms with Gasteiger partial charge in [0.2, 0.25) is 5.91 Å². The Morgan fingerprint density at radius 3 is 3.21 bits per heavy atom. The van der Waals surface area contributed by atoms with E-state index in [0.717, 1.165) is 44.0 Å². The first-order valence-electron chi connectivity index (χ1n) is 6.69. The van der Waals surface area contributed by atoms with Gasteiger partial charge in [-0.25, -0.2) is 0 Å². The largest absolute Gasteiger partial charge is 0.337 e. The molecule has 0 bridgehead atoms. The molecule has 0 radical (unpaired) electrons. The van der Waals surface area contributed by atoms with Gasteiger partial charge in [-0.15, -0.1) is 0 Å². The molecule has 0 saturated carbocycles. The number of hydrogen-bond acceptors (Lipinski definition) is 5. The van der Waals surface area contributed by atoms with Gasteiger partial charge < -0.3 is 10.3 Å². The molecule has 2 aliphatic heterocycles. The van der Waals surface area contributed by atoms with Crippen LogP contribution in [0.25, 0.3) is 0 Å². The summed E-state index contributed by atoms with van der Waals surface area (Å²) >= 11 is 0. The summed E-state index contributed by atoms with van der Waals surface area (Å²) in [5.74, 6) is 5.72.